The van der Waals surface area contributed by atoms with E-state index in [1.807, 2.05) is 20.8 Å². The zero-order valence-corrected chi connectivity index (χ0v) is 24.0. The summed E-state index contributed by atoms with van der Waals surface area (Å²) in [5, 5.41) is 6.45. The van der Waals surface area contributed by atoms with Crippen LogP contribution in [0.4, 0.5) is 24.7 Å². The second-order valence-electron chi connectivity index (χ2n) is 9.07. The molecule has 2 amide bonds. The van der Waals surface area contributed by atoms with E-state index in [0.29, 0.717) is 23.4 Å². The molecule has 0 bridgehead atoms. The van der Waals surface area contributed by atoms with Gasteiger partial charge in [-0.2, -0.15) is 24.9 Å². The van der Waals surface area contributed by atoms with Crippen LogP contribution in [0.2, 0.25) is 10.0 Å². The van der Waals surface area contributed by atoms with Crippen LogP contribution < -0.4 is 16.4 Å². The molecule has 0 fully saturated rings. The molecule has 13 heteroatoms. The number of carbonyl (C=O) groups excluding carboxylic acids is 2. The van der Waals surface area contributed by atoms with Crippen LogP contribution in [0.3, 0.4) is 0 Å². The second-order valence-corrected chi connectivity index (χ2v) is 11.8. The van der Waals surface area contributed by atoms with E-state index in [9.17, 15) is 22.8 Å². The van der Waals surface area contributed by atoms with Crippen molar-refractivity contribution in [1.82, 2.24) is 10.3 Å². The molecule has 212 valence electrons. The minimum absolute atomic E-state index is 0.0110. The number of carbonyl (C=O) groups is 2. The number of nitrogens with one attached hydrogen (secondary N) is 2. The lowest BCUT2D eigenvalue weighted by molar-refractivity contribution is -0.110. The molecule has 40 heavy (non-hydrogen) atoms. The Bertz CT molecular complexity index is 1490. The predicted octanol–water partition coefficient (Wildman–Crippen LogP) is 6.92. The Balaban J connectivity index is 2.10. The van der Waals surface area contributed by atoms with Gasteiger partial charge in [0.2, 0.25) is 0 Å². The highest BCUT2D eigenvalue weighted by Crippen LogP contribution is 2.35. The number of hydrogen-bond donors (Lipinski definition) is 3. The molecule has 0 radical (unpaired) electrons. The van der Waals surface area contributed by atoms with Crippen molar-refractivity contribution in [3.63, 3.8) is 0 Å². The number of anilines is 1. The number of halogens is 5. The summed E-state index contributed by atoms with van der Waals surface area (Å²) in [4.78, 5) is 34.5. The number of aromatic nitrogens is 1. The van der Waals surface area contributed by atoms with Crippen molar-refractivity contribution in [2.75, 3.05) is 17.6 Å². The average molecular weight is 613 g/mol. The Morgan fingerprint density at radius 2 is 1.85 bits per heavy atom. The normalized spacial score (nSPS) is 12.9. The molecule has 0 aliphatic heterocycles. The summed E-state index contributed by atoms with van der Waals surface area (Å²) in [5.74, 6) is -1.03. The number of alkyl halides is 3. The first kappa shape index (κ1) is 31.3. The fraction of sp³-hybridized carbons (Fsp3) is 0.259. The molecule has 2 aromatic carbocycles. The van der Waals surface area contributed by atoms with Crippen molar-refractivity contribution in [2.45, 2.75) is 31.7 Å². The van der Waals surface area contributed by atoms with Gasteiger partial charge in [-0.25, -0.2) is 9.98 Å². The lowest BCUT2D eigenvalue weighted by atomic mass is 10.0. The smallest absolute Gasteiger partial charge is 0.395 e. The summed E-state index contributed by atoms with van der Waals surface area (Å²) in [5.41, 5.74) is 2.76. The van der Waals surface area contributed by atoms with Crippen molar-refractivity contribution >= 4 is 74.8 Å². The maximum atomic E-state index is 13.4. The first-order valence-corrected chi connectivity index (χ1v) is 13.7. The molecule has 0 aliphatic carbocycles. The molecule has 7 nitrogen and oxygen atoms in total. The molecule has 1 aromatic heterocycles. The van der Waals surface area contributed by atoms with Crippen LogP contribution in [-0.2, 0) is 4.79 Å². The SMILES string of the molecule is CCSC(C)(C)CNC(=O)c1cc2ccccc2c(Cl)c1NC(=O)C(C=C(N)C(F)(F)F)=Nc1ncccc1Cl. The Labute approximate surface area is 243 Å². The van der Waals surface area contributed by atoms with Gasteiger partial charge in [0, 0.05) is 22.9 Å². The first-order valence-electron chi connectivity index (χ1n) is 11.9. The molecule has 0 saturated heterocycles. The van der Waals surface area contributed by atoms with Gasteiger partial charge in [-0.3, -0.25) is 9.59 Å². The summed E-state index contributed by atoms with van der Waals surface area (Å²) < 4.78 is 39.5. The van der Waals surface area contributed by atoms with Crippen molar-refractivity contribution in [3.8, 4) is 0 Å². The van der Waals surface area contributed by atoms with Crippen molar-refractivity contribution in [3.05, 3.63) is 76.0 Å². The average Bonchev–Trinajstić information content (AvgIpc) is 2.89. The highest BCUT2D eigenvalue weighted by atomic mass is 35.5. The first-order chi connectivity index (χ1) is 18.7. The molecule has 3 aromatic rings. The van der Waals surface area contributed by atoms with Crippen LogP contribution in [0.1, 0.15) is 31.1 Å². The summed E-state index contributed by atoms with van der Waals surface area (Å²) in [7, 11) is 0. The van der Waals surface area contributed by atoms with Crippen LogP contribution in [0, 0.1) is 0 Å². The standard InChI is InChI=1S/C27H26Cl2F3N5O2S/c1-4-40-26(2,3)14-35-24(38)17-12-15-8-5-6-9-16(15)21(29)22(17)37-25(39)19(13-20(33)27(30,31)32)36-23-18(28)10-7-11-34-23/h5-13H,4,14,33H2,1-3H3,(H,35,38)(H,37,39). The Morgan fingerprint density at radius 1 is 1.15 bits per heavy atom. The number of allylic oxidation sites excluding steroid dienone is 1. The van der Waals surface area contributed by atoms with Crippen LogP contribution in [0.25, 0.3) is 10.8 Å². The molecule has 3 rings (SSSR count). The maximum absolute atomic E-state index is 13.4. The highest BCUT2D eigenvalue weighted by Gasteiger charge is 2.33. The van der Waals surface area contributed by atoms with Crippen molar-refractivity contribution in [2.24, 2.45) is 10.7 Å². The lowest BCUT2D eigenvalue weighted by Gasteiger charge is -2.24. The molecule has 0 atom stereocenters. The number of benzene rings is 2. The van der Waals surface area contributed by atoms with E-state index in [4.69, 9.17) is 28.9 Å². The Morgan fingerprint density at radius 3 is 2.50 bits per heavy atom. The third-order valence-electron chi connectivity index (χ3n) is 5.50. The van der Waals surface area contributed by atoms with Gasteiger partial charge in [0.05, 0.1) is 21.3 Å². The maximum Gasteiger partial charge on any atom is 0.430 e. The Kier molecular flexibility index (Phi) is 10.1. The van der Waals surface area contributed by atoms with E-state index in [0.717, 1.165) is 5.75 Å². The van der Waals surface area contributed by atoms with Gasteiger partial charge in [-0.1, -0.05) is 54.4 Å². The van der Waals surface area contributed by atoms with Crippen LogP contribution in [0.5, 0.6) is 0 Å². The summed E-state index contributed by atoms with van der Waals surface area (Å²) >= 11 is 14.4. The van der Waals surface area contributed by atoms with Gasteiger partial charge in [-0.05, 0) is 49.3 Å². The van der Waals surface area contributed by atoms with Crippen LogP contribution >= 0.6 is 35.0 Å². The number of amides is 2. The number of thioether (sulfide) groups is 1. The number of aliphatic imine (C=N–C) groups is 1. The number of rotatable bonds is 9. The molecular formula is C27H26Cl2F3N5O2S. The molecule has 0 unspecified atom stereocenters. The van der Waals surface area contributed by atoms with E-state index in [-0.39, 0.29) is 31.9 Å². The van der Waals surface area contributed by atoms with Crippen LogP contribution in [-0.4, -0.2) is 45.7 Å². The van der Waals surface area contributed by atoms with E-state index in [2.05, 4.69) is 20.6 Å². The number of pyridine rings is 1. The number of hydrogen-bond acceptors (Lipinski definition) is 6. The van der Waals surface area contributed by atoms with E-state index < -0.39 is 29.4 Å². The minimum Gasteiger partial charge on any atom is -0.395 e. The van der Waals surface area contributed by atoms with Crippen molar-refractivity contribution in [1.29, 1.82) is 0 Å². The fourth-order valence-corrected chi connectivity index (χ4v) is 5.00. The lowest BCUT2D eigenvalue weighted by Crippen LogP contribution is -2.37. The quantitative estimate of drug-likeness (QED) is 0.228. The largest absolute Gasteiger partial charge is 0.430 e. The van der Waals surface area contributed by atoms with Crippen LogP contribution in [0.15, 0.2) is 65.4 Å². The number of fused-ring (bicyclic) bond motifs is 1. The summed E-state index contributed by atoms with van der Waals surface area (Å²) in [6.45, 7) is 6.25. The Hall–Kier alpha value is -3.28. The number of nitrogens with zero attached hydrogens (tertiary/aromatic N) is 2. The highest BCUT2D eigenvalue weighted by molar-refractivity contribution is 8.00. The minimum atomic E-state index is -4.94. The van der Waals surface area contributed by atoms with Gasteiger partial charge in [0.15, 0.2) is 5.82 Å². The predicted molar refractivity (Wildman–Crippen MR) is 157 cm³/mol. The van der Waals surface area contributed by atoms with Gasteiger partial charge < -0.3 is 16.4 Å². The monoisotopic (exact) mass is 611 g/mol. The molecule has 0 saturated carbocycles. The van der Waals surface area contributed by atoms with Crippen molar-refractivity contribution < 1.29 is 22.8 Å². The molecular weight excluding hydrogens is 586 g/mol. The molecule has 0 aliphatic rings. The van der Waals surface area contributed by atoms with Gasteiger partial charge >= 0.3 is 6.18 Å². The summed E-state index contributed by atoms with van der Waals surface area (Å²) in [6, 6.07) is 11.3. The van der Waals surface area contributed by atoms with E-state index >= 15 is 0 Å². The molecule has 4 N–H and O–H groups in total. The van der Waals surface area contributed by atoms with Gasteiger partial charge in [0.25, 0.3) is 11.8 Å². The third-order valence-corrected chi connectivity index (χ3v) is 7.40. The fourth-order valence-electron chi connectivity index (χ4n) is 3.56. The number of nitrogens with two attached hydrogens (primary N) is 1. The second kappa shape index (κ2) is 12.9. The molecule has 1 heterocycles. The van der Waals surface area contributed by atoms with Gasteiger partial charge in [0.1, 0.15) is 11.4 Å². The topological polar surface area (TPSA) is 109 Å². The van der Waals surface area contributed by atoms with E-state index in [1.165, 1.54) is 18.3 Å². The molecule has 0 spiro atoms. The zero-order valence-electron chi connectivity index (χ0n) is 21.7. The van der Waals surface area contributed by atoms with Gasteiger partial charge in [-0.15, -0.1) is 0 Å². The summed E-state index contributed by atoms with van der Waals surface area (Å²) in [6.07, 6.45) is -3.28. The zero-order chi connectivity index (χ0) is 29.7. The third kappa shape index (κ3) is 7.89. The van der Waals surface area contributed by atoms with E-state index in [1.54, 1.807) is 42.1 Å².